The first kappa shape index (κ1) is 20.0. The second-order valence-corrected chi connectivity index (χ2v) is 7.79. The smallest absolute Gasteiger partial charge is 0.321 e. The van der Waals surface area contributed by atoms with Gasteiger partial charge in [-0.15, -0.1) is 16.8 Å². The number of aromatic nitrogens is 2. The Morgan fingerprint density at radius 1 is 1.32 bits per heavy atom. The molecule has 3 rings (SSSR count). The Kier molecular flexibility index (Phi) is 7.09. The molecular formula is C17H19N5O4S2. The molecule has 3 N–H and O–H groups in total. The molecule has 1 atom stereocenters. The van der Waals surface area contributed by atoms with Crippen LogP contribution < -0.4 is 25.4 Å². The Morgan fingerprint density at radius 2 is 2.14 bits per heavy atom. The molecule has 0 saturated heterocycles. The van der Waals surface area contributed by atoms with Crippen LogP contribution in [-0.2, 0) is 4.79 Å². The molecule has 0 fully saturated rings. The maximum absolute atomic E-state index is 11.9. The van der Waals surface area contributed by atoms with Crippen molar-refractivity contribution in [2.75, 3.05) is 30.8 Å². The molecule has 28 heavy (non-hydrogen) atoms. The van der Waals surface area contributed by atoms with Crippen molar-refractivity contribution in [2.24, 2.45) is 0 Å². The van der Waals surface area contributed by atoms with Gasteiger partial charge in [0.1, 0.15) is 6.61 Å². The van der Waals surface area contributed by atoms with E-state index in [0.717, 1.165) is 0 Å². The molecule has 0 bridgehead atoms. The van der Waals surface area contributed by atoms with E-state index < -0.39 is 11.9 Å². The molecule has 148 valence electrons. The van der Waals surface area contributed by atoms with Crippen LogP contribution in [-0.4, -0.2) is 53.7 Å². The van der Waals surface area contributed by atoms with Gasteiger partial charge in [-0.2, -0.15) is 0 Å². The molecule has 1 aliphatic rings. The number of nitrogens with zero attached hydrogens (tertiary/aromatic N) is 2. The SMILES string of the molecule is C=CCNc1nnc(SCC(=O)NC(=O)NCC2COc3ccccc3O2)s1. The zero-order chi connectivity index (χ0) is 19.8. The molecule has 1 aromatic carbocycles. The molecule has 2 aromatic rings. The van der Waals surface area contributed by atoms with E-state index in [9.17, 15) is 9.59 Å². The van der Waals surface area contributed by atoms with E-state index in [0.29, 0.717) is 34.1 Å². The summed E-state index contributed by atoms with van der Waals surface area (Å²) in [7, 11) is 0. The van der Waals surface area contributed by atoms with Crippen LogP contribution in [0.4, 0.5) is 9.93 Å². The molecule has 0 aliphatic carbocycles. The van der Waals surface area contributed by atoms with E-state index in [2.05, 4.69) is 32.7 Å². The highest BCUT2D eigenvalue weighted by Crippen LogP contribution is 2.30. The summed E-state index contributed by atoms with van der Waals surface area (Å²) in [5, 5.41) is 16.4. The predicted molar refractivity (Wildman–Crippen MR) is 107 cm³/mol. The lowest BCUT2D eigenvalue weighted by Crippen LogP contribution is -2.46. The van der Waals surface area contributed by atoms with Crippen LogP contribution in [0.5, 0.6) is 11.5 Å². The first-order valence-corrected chi connectivity index (χ1v) is 10.2. The van der Waals surface area contributed by atoms with Gasteiger partial charge in [0.15, 0.2) is 21.9 Å². The van der Waals surface area contributed by atoms with Crippen LogP contribution in [0.3, 0.4) is 0 Å². The number of hydrogen-bond acceptors (Lipinski definition) is 9. The van der Waals surface area contributed by atoms with E-state index in [4.69, 9.17) is 9.47 Å². The van der Waals surface area contributed by atoms with Crippen LogP contribution in [0.1, 0.15) is 0 Å². The highest BCUT2D eigenvalue weighted by atomic mass is 32.2. The summed E-state index contributed by atoms with van der Waals surface area (Å²) in [6.07, 6.45) is 1.39. The summed E-state index contributed by atoms with van der Waals surface area (Å²) in [5.41, 5.74) is 0. The van der Waals surface area contributed by atoms with Gasteiger partial charge >= 0.3 is 6.03 Å². The molecule has 0 spiro atoms. The fraction of sp³-hybridized carbons (Fsp3) is 0.294. The van der Waals surface area contributed by atoms with E-state index in [-0.39, 0.29) is 18.4 Å². The number of para-hydroxylation sites is 2. The lowest BCUT2D eigenvalue weighted by molar-refractivity contribution is -0.117. The Morgan fingerprint density at radius 3 is 2.96 bits per heavy atom. The molecule has 1 unspecified atom stereocenters. The fourth-order valence-corrected chi connectivity index (χ4v) is 3.76. The number of anilines is 1. The number of urea groups is 1. The summed E-state index contributed by atoms with van der Waals surface area (Å²) < 4.78 is 11.9. The fourth-order valence-electron chi connectivity index (χ4n) is 2.20. The summed E-state index contributed by atoms with van der Waals surface area (Å²) in [6.45, 7) is 4.73. The number of hydrogen-bond donors (Lipinski definition) is 3. The van der Waals surface area contributed by atoms with E-state index in [1.807, 2.05) is 18.2 Å². The maximum atomic E-state index is 11.9. The van der Waals surface area contributed by atoms with Crippen LogP contribution >= 0.6 is 23.1 Å². The van der Waals surface area contributed by atoms with Crippen molar-refractivity contribution in [1.29, 1.82) is 0 Å². The topological polar surface area (TPSA) is 114 Å². The van der Waals surface area contributed by atoms with E-state index in [1.54, 1.807) is 12.1 Å². The van der Waals surface area contributed by atoms with Crippen LogP contribution in [0, 0.1) is 0 Å². The van der Waals surface area contributed by atoms with E-state index >= 15 is 0 Å². The summed E-state index contributed by atoms with van der Waals surface area (Å²) in [5.74, 6) is 0.937. The number of amides is 3. The van der Waals surface area contributed by atoms with Gasteiger partial charge in [0.05, 0.1) is 12.3 Å². The van der Waals surface area contributed by atoms with Crippen molar-refractivity contribution in [2.45, 2.75) is 10.4 Å². The monoisotopic (exact) mass is 421 g/mol. The van der Waals surface area contributed by atoms with Gasteiger partial charge in [-0.25, -0.2) is 4.79 Å². The molecule has 11 heteroatoms. The summed E-state index contributed by atoms with van der Waals surface area (Å²) >= 11 is 2.53. The lowest BCUT2D eigenvalue weighted by Gasteiger charge is -2.26. The minimum Gasteiger partial charge on any atom is -0.486 e. The van der Waals surface area contributed by atoms with Gasteiger partial charge in [-0.1, -0.05) is 41.3 Å². The van der Waals surface area contributed by atoms with E-state index in [1.165, 1.54) is 23.1 Å². The molecule has 9 nitrogen and oxygen atoms in total. The number of imide groups is 1. The molecule has 0 saturated carbocycles. The van der Waals surface area contributed by atoms with Gasteiger partial charge in [0.2, 0.25) is 11.0 Å². The number of rotatable bonds is 8. The lowest BCUT2D eigenvalue weighted by atomic mass is 10.2. The van der Waals surface area contributed by atoms with Crippen molar-refractivity contribution < 1.29 is 19.1 Å². The highest BCUT2D eigenvalue weighted by Gasteiger charge is 2.21. The van der Waals surface area contributed by atoms with Crippen LogP contribution in [0.25, 0.3) is 0 Å². The Balaban J connectivity index is 1.35. The van der Waals surface area contributed by atoms with Crippen molar-refractivity contribution in [3.05, 3.63) is 36.9 Å². The number of benzene rings is 1. The number of fused-ring (bicyclic) bond motifs is 1. The molecule has 1 aliphatic heterocycles. The molecular weight excluding hydrogens is 402 g/mol. The number of carbonyl (C=O) groups is 2. The number of ether oxygens (including phenoxy) is 2. The second kappa shape index (κ2) is 9.95. The largest absolute Gasteiger partial charge is 0.486 e. The first-order chi connectivity index (χ1) is 13.6. The van der Waals surface area contributed by atoms with Crippen molar-refractivity contribution in [3.63, 3.8) is 0 Å². The Bertz CT molecular complexity index is 844. The third-order valence-corrected chi connectivity index (χ3v) is 5.46. The zero-order valence-corrected chi connectivity index (χ0v) is 16.5. The molecule has 0 radical (unpaired) electrons. The quantitative estimate of drug-likeness (QED) is 0.437. The van der Waals surface area contributed by atoms with Crippen LogP contribution in [0.15, 0.2) is 41.3 Å². The van der Waals surface area contributed by atoms with Gasteiger partial charge in [0.25, 0.3) is 0 Å². The minimum atomic E-state index is -0.585. The maximum Gasteiger partial charge on any atom is 0.321 e. The molecule has 3 amide bonds. The molecule has 1 aromatic heterocycles. The highest BCUT2D eigenvalue weighted by molar-refractivity contribution is 8.01. The number of thioether (sulfide) groups is 1. The van der Waals surface area contributed by atoms with Crippen molar-refractivity contribution in [3.8, 4) is 11.5 Å². The third kappa shape index (κ3) is 5.86. The number of carbonyl (C=O) groups excluding carboxylic acids is 2. The normalized spacial score (nSPS) is 14.8. The summed E-state index contributed by atoms with van der Waals surface area (Å²) in [6, 6.07) is 6.74. The van der Waals surface area contributed by atoms with Gasteiger partial charge in [-0.05, 0) is 12.1 Å². The Hall–Kier alpha value is -2.79. The Labute approximate surface area is 169 Å². The minimum absolute atomic E-state index is 0.0555. The third-order valence-electron chi connectivity index (χ3n) is 3.44. The van der Waals surface area contributed by atoms with Gasteiger partial charge < -0.3 is 20.1 Å². The van der Waals surface area contributed by atoms with Crippen molar-refractivity contribution >= 4 is 40.2 Å². The standard InChI is InChI=1S/C17H19N5O4S2/c1-2-7-18-16-21-22-17(28-16)27-10-14(23)20-15(24)19-8-11-9-25-12-5-3-4-6-13(12)26-11/h2-6,11H,1,7-10H2,(H,18,21)(H2,19,20,23,24). The van der Waals surface area contributed by atoms with Crippen LogP contribution in [0.2, 0.25) is 0 Å². The molecule has 2 heterocycles. The average Bonchev–Trinajstić information content (AvgIpc) is 3.17. The first-order valence-electron chi connectivity index (χ1n) is 8.41. The second-order valence-electron chi connectivity index (χ2n) is 5.59. The number of nitrogens with one attached hydrogen (secondary N) is 3. The van der Waals surface area contributed by atoms with Gasteiger partial charge in [-0.3, -0.25) is 10.1 Å². The van der Waals surface area contributed by atoms with Crippen molar-refractivity contribution in [1.82, 2.24) is 20.8 Å². The predicted octanol–water partition coefficient (Wildman–Crippen LogP) is 1.89. The summed E-state index contributed by atoms with van der Waals surface area (Å²) in [4.78, 5) is 23.8. The van der Waals surface area contributed by atoms with Gasteiger partial charge in [0, 0.05) is 6.54 Å². The zero-order valence-electron chi connectivity index (χ0n) is 14.8. The average molecular weight is 422 g/mol.